The second kappa shape index (κ2) is 8.54. The van der Waals surface area contributed by atoms with Crippen molar-refractivity contribution >= 4 is 23.0 Å². The predicted molar refractivity (Wildman–Crippen MR) is 127 cm³/mol. The quantitative estimate of drug-likeness (QED) is 0.364. The molecule has 1 atom stereocenters. The van der Waals surface area contributed by atoms with Gasteiger partial charge in [0.25, 0.3) is 11.8 Å². The van der Waals surface area contributed by atoms with E-state index in [9.17, 15) is 9.59 Å². The van der Waals surface area contributed by atoms with Gasteiger partial charge in [0.1, 0.15) is 12.0 Å². The molecular weight excluding hydrogens is 436 g/mol. The van der Waals surface area contributed by atoms with E-state index in [1.165, 1.54) is 12.5 Å². The van der Waals surface area contributed by atoms with Crippen molar-refractivity contribution in [2.45, 2.75) is 32.2 Å². The summed E-state index contributed by atoms with van der Waals surface area (Å²) in [6.07, 6.45) is 4.53. The summed E-state index contributed by atoms with van der Waals surface area (Å²) in [4.78, 5) is 27.9. The Bertz CT molecular complexity index is 1390. The van der Waals surface area contributed by atoms with Crippen LogP contribution in [0, 0.1) is 0 Å². The van der Waals surface area contributed by atoms with Crippen LogP contribution in [0.5, 0.6) is 5.75 Å². The Morgan fingerprint density at radius 1 is 1.18 bits per heavy atom. The lowest BCUT2D eigenvalue weighted by molar-refractivity contribution is 0.0989. The molecule has 0 aliphatic rings. The number of methoxy groups -OCH3 is 1. The molecule has 0 unspecified atom stereocenters. The van der Waals surface area contributed by atoms with Gasteiger partial charge in [-0.25, -0.2) is 9.50 Å². The fourth-order valence-corrected chi connectivity index (χ4v) is 3.62. The van der Waals surface area contributed by atoms with Crippen molar-refractivity contribution in [2.75, 3.05) is 12.4 Å². The lowest BCUT2D eigenvalue weighted by Crippen LogP contribution is -2.38. The van der Waals surface area contributed by atoms with Crippen LogP contribution in [0.15, 0.2) is 53.4 Å². The van der Waals surface area contributed by atoms with Gasteiger partial charge >= 0.3 is 0 Å². The summed E-state index contributed by atoms with van der Waals surface area (Å²) < 4.78 is 12.5. The molecular formula is C24H26N6O4. The molecule has 0 aliphatic heterocycles. The van der Waals surface area contributed by atoms with Gasteiger partial charge in [0, 0.05) is 17.8 Å². The molecule has 10 heteroatoms. The number of carbonyl (C=O) groups excluding carboxylic acids is 2. The smallest absolute Gasteiger partial charge is 0.270 e. The number of aromatic nitrogens is 3. The number of amides is 2. The van der Waals surface area contributed by atoms with Crippen LogP contribution in [0.3, 0.4) is 0 Å². The second-order valence-corrected chi connectivity index (χ2v) is 8.58. The first kappa shape index (κ1) is 22.8. The summed E-state index contributed by atoms with van der Waals surface area (Å²) in [5, 5.41) is 7.76. The van der Waals surface area contributed by atoms with Gasteiger partial charge in [0.05, 0.1) is 35.5 Å². The van der Waals surface area contributed by atoms with Gasteiger partial charge in [-0.3, -0.25) is 9.59 Å². The largest absolute Gasteiger partial charge is 0.497 e. The molecule has 0 fully saturated rings. The maximum atomic E-state index is 12.2. The summed E-state index contributed by atoms with van der Waals surface area (Å²) in [5.41, 5.74) is 13.6. The van der Waals surface area contributed by atoms with E-state index in [1.54, 1.807) is 11.6 Å². The summed E-state index contributed by atoms with van der Waals surface area (Å²) in [6.45, 7) is 5.73. The van der Waals surface area contributed by atoms with E-state index < -0.39 is 17.2 Å². The van der Waals surface area contributed by atoms with Crippen LogP contribution in [-0.2, 0) is 5.41 Å². The number of carbonyl (C=O) groups is 2. The van der Waals surface area contributed by atoms with Crippen molar-refractivity contribution < 1.29 is 18.7 Å². The number of nitrogens with one attached hydrogen (secondary N) is 1. The van der Waals surface area contributed by atoms with Crippen LogP contribution < -0.4 is 21.5 Å². The molecule has 10 nitrogen and oxygen atoms in total. The van der Waals surface area contributed by atoms with Crippen molar-refractivity contribution in [1.82, 2.24) is 14.6 Å². The Balaban J connectivity index is 1.76. The minimum absolute atomic E-state index is 0.0499. The highest BCUT2D eigenvalue weighted by Gasteiger charge is 2.34. The molecule has 3 heterocycles. The molecule has 0 saturated carbocycles. The number of hydrogen-bond acceptors (Lipinski definition) is 7. The van der Waals surface area contributed by atoms with Gasteiger partial charge in [-0.15, -0.1) is 0 Å². The summed E-state index contributed by atoms with van der Waals surface area (Å²) in [5.74, 6) is -0.219. The molecule has 4 aromatic rings. The van der Waals surface area contributed by atoms with Crippen molar-refractivity contribution in [3.05, 3.63) is 66.1 Å². The molecule has 0 bridgehead atoms. The normalized spacial score (nSPS) is 12.5. The Hall–Kier alpha value is -4.34. The number of primary amides is 2. The molecule has 4 rings (SSSR count). The van der Waals surface area contributed by atoms with Crippen molar-refractivity contribution in [3.63, 3.8) is 0 Å². The number of nitrogens with zero attached hydrogens (tertiary/aromatic N) is 3. The van der Waals surface area contributed by atoms with E-state index in [0.29, 0.717) is 17.1 Å². The summed E-state index contributed by atoms with van der Waals surface area (Å²) in [7, 11) is 1.61. The van der Waals surface area contributed by atoms with Gasteiger partial charge in [0.2, 0.25) is 5.89 Å². The molecule has 176 valence electrons. The summed E-state index contributed by atoms with van der Waals surface area (Å²) >= 11 is 0. The van der Waals surface area contributed by atoms with Gasteiger partial charge in [-0.1, -0.05) is 12.1 Å². The second-order valence-electron chi connectivity index (χ2n) is 8.58. The Labute approximate surface area is 195 Å². The minimum Gasteiger partial charge on any atom is -0.497 e. The van der Waals surface area contributed by atoms with Crippen molar-refractivity contribution in [2.24, 2.45) is 11.5 Å². The topological polar surface area (TPSA) is 151 Å². The first-order valence-corrected chi connectivity index (χ1v) is 10.6. The van der Waals surface area contributed by atoms with Crippen LogP contribution in [0.4, 0.5) is 5.69 Å². The molecule has 0 saturated heterocycles. The zero-order valence-corrected chi connectivity index (χ0v) is 19.3. The molecule has 0 aliphatic carbocycles. The molecule has 2 amide bonds. The lowest BCUT2D eigenvalue weighted by Gasteiger charge is -2.30. The van der Waals surface area contributed by atoms with Crippen LogP contribution in [0.2, 0.25) is 0 Å². The zero-order valence-electron chi connectivity index (χ0n) is 19.3. The van der Waals surface area contributed by atoms with E-state index in [2.05, 4.69) is 15.4 Å². The number of anilines is 1. The van der Waals surface area contributed by atoms with Crippen molar-refractivity contribution in [3.8, 4) is 16.9 Å². The third-order valence-corrected chi connectivity index (χ3v) is 6.06. The third-order valence-electron chi connectivity index (χ3n) is 6.06. The number of benzene rings is 1. The van der Waals surface area contributed by atoms with E-state index in [0.717, 1.165) is 16.9 Å². The maximum Gasteiger partial charge on any atom is 0.270 e. The monoisotopic (exact) mass is 462 g/mol. The molecule has 0 spiro atoms. The fraction of sp³-hybridized carbons (Fsp3) is 0.250. The van der Waals surface area contributed by atoms with Gasteiger partial charge in [0.15, 0.2) is 5.69 Å². The average molecular weight is 463 g/mol. The van der Waals surface area contributed by atoms with Crippen molar-refractivity contribution in [1.29, 1.82) is 0 Å². The van der Waals surface area contributed by atoms with Crippen LogP contribution in [0.1, 0.15) is 47.5 Å². The Morgan fingerprint density at radius 2 is 1.94 bits per heavy atom. The first-order chi connectivity index (χ1) is 16.1. The van der Waals surface area contributed by atoms with Crippen LogP contribution in [0.25, 0.3) is 16.6 Å². The first-order valence-electron chi connectivity index (χ1n) is 10.6. The predicted octanol–water partition coefficient (Wildman–Crippen LogP) is 2.97. The van der Waals surface area contributed by atoms with E-state index >= 15 is 0 Å². The van der Waals surface area contributed by atoms with Crippen LogP contribution in [-0.4, -0.2) is 39.6 Å². The number of ether oxygens (including phenoxy) is 1. The van der Waals surface area contributed by atoms with Crippen LogP contribution >= 0.6 is 0 Å². The number of hydrogen-bond donors (Lipinski definition) is 3. The highest BCUT2D eigenvalue weighted by molar-refractivity contribution is 6.02. The molecule has 3 aromatic heterocycles. The lowest BCUT2D eigenvalue weighted by atomic mass is 9.85. The Kier molecular flexibility index (Phi) is 5.74. The third kappa shape index (κ3) is 4.05. The number of oxazole rings is 1. The number of nitrogens with two attached hydrogens (primary N) is 2. The van der Waals surface area contributed by atoms with Gasteiger partial charge < -0.3 is 25.9 Å². The number of rotatable bonds is 8. The minimum atomic E-state index is -0.676. The molecule has 0 radical (unpaired) electrons. The molecule has 5 N–H and O–H groups in total. The van der Waals surface area contributed by atoms with Gasteiger partial charge in [-0.2, -0.15) is 5.10 Å². The van der Waals surface area contributed by atoms with Gasteiger partial charge in [-0.05, 0) is 44.5 Å². The Morgan fingerprint density at radius 3 is 2.59 bits per heavy atom. The SMILES string of the molecule is COc1cccc(-c2cc3c(N[C@H](C)C(C)(C)c4nc(C(N)=O)co4)c(C(N)=O)cnn3c2)c1. The zero-order chi connectivity index (χ0) is 24.6. The maximum absolute atomic E-state index is 12.2. The highest BCUT2D eigenvalue weighted by Crippen LogP contribution is 2.34. The molecule has 1 aromatic carbocycles. The average Bonchev–Trinajstić information content (AvgIpc) is 3.47. The fourth-order valence-electron chi connectivity index (χ4n) is 3.62. The number of fused-ring (bicyclic) bond motifs is 1. The van der Waals surface area contributed by atoms with E-state index in [4.69, 9.17) is 20.6 Å². The molecule has 34 heavy (non-hydrogen) atoms. The van der Waals surface area contributed by atoms with E-state index in [-0.39, 0.29) is 17.3 Å². The standard InChI is InChI=1S/C24H26N6O4/c1-13(24(2,3)23-29-18(12-34-23)22(26)32)28-20-17(21(25)31)10-27-30-11-15(9-19(20)30)14-6-5-7-16(8-14)33-4/h5-13,28H,1-4H3,(H2,25,31)(H2,26,32)/t13-/m1/s1. The van der Waals surface area contributed by atoms with E-state index in [1.807, 2.05) is 57.3 Å². The highest BCUT2D eigenvalue weighted by atomic mass is 16.5. The summed E-state index contributed by atoms with van der Waals surface area (Å²) in [6, 6.07) is 9.27.